The number of hydrogen-bond donors (Lipinski definition) is 1. The van der Waals surface area contributed by atoms with Gasteiger partial charge in [-0.1, -0.05) is 22.6 Å². The predicted octanol–water partition coefficient (Wildman–Crippen LogP) is 1.49. The van der Waals surface area contributed by atoms with E-state index in [2.05, 4.69) is 0 Å². The van der Waals surface area contributed by atoms with Gasteiger partial charge >= 0.3 is 0 Å². The molecule has 11 heavy (non-hydrogen) atoms. The lowest BCUT2D eigenvalue weighted by Gasteiger charge is -1.96. The van der Waals surface area contributed by atoms with Crippen LogP contribution in [-0.4, -0.2) is 4.21 Å². The normalized spacial score (nSPS) is 12.9. The first-order valence-corrected chi connectivity index (χ1v) is 4.24. The van der Waals surface area contributed by atoms with Crippen LogP contribution < -0.4 is 4.94 Å². The Morgan fingerprint density at radius 2 is 1.91 bits per heavy atom. The van der Waals surface area contributed by atoms with Gasteiger partial charge in [0, 0.05) is 0 Å². The molecular weight excluding hydrogens is 165 g/mol. The van der Waals surface area contributed by atoms with Gasteiger partial charge in [-0.3, -0.25) is 0 Å². The summed E-state index contributed by atoms with van der Waals surface area (Å²) in [5, 5.41) is 0. The van der Waals surface area contributed by atoms with Crippen LogP contribution >= 0.6 is 0 Å². The summed E-state index contributed by atoms with van der Waals surface area (Å²) in [6.45, 7) is 1.91. The molecule has 1 N–H and O–H groups in total. The van der Waals surface area contributed by atoms with Gasteiger partial charge in [-0.05, 0) is 19.1 Å². The lowest BCUT2D eigenvalue weighted by atomic mass is 10.2. The average Bonchev–Trinajstić information content (AvgIpc) is 2.05. The zero-order valence-corrected chi connectivity index (χ0v) is 6.82. The first-order chi connectivity index (χ1) is 5.24. The molecule has 0 aromatic heterocycles. The minimum Gasteiger partial charge on any atom is -0.235 e. The molecule has 4 heteroatoms. The molecule has 1 rings (SSSR count). The van der Waals surface area contributed by atoms with Crippen molar-refractivity contribution in [1.29, 1.82) is 0 Å². The van der Waals surface area contributed by atoms with Crippen molar-refractivity contribution in [3.63, 3.8) is 0 Å². The number of aryl methyl sites for hydroxylation is 1. The Kier molecular flexibility index (Phi) is 2.73. The summed E-state index contributed by atoms with van der Waals surface area (Å²) in [5.74, 6) is 0. The Morgan fingerprint density at radius 3 is 2.36 bits per heavy atom. The fourth-order valence-corrected chi connectivity index (χ4v) is 1.18. The van der Waals surface area contributed by atoms with Crippen molar-refractivity contribution in [2.24, 2.45) is 0 Å². The van der Waals surface area contributed by atoms with Crippen LogP contribution in [0.4, 0.5) is 4.48 Å². The van der Waals surface area contributed by atoms with Gasteiger partial charge in [0.1, 0.15) is 0 Å². The van der Waals surface area contributed by atoms with Crippen LogP contribution in [-0.2, 0) is 11.0 Å². The van der Waals surface area contributed by atoms with E-state index in [4.69, 9.17) is 0 Å². The lowest BCUT2D eigenvalue weighted by molar-refractivity contribution is 0.449. The molecule has 0 saturated heterocycles. The molecule has 0 spiro atoms. The number of rotatable bonds is 2. The van der Waals surface area contributed by atoms with Crippen LogP contribution in [0, 0.1) is 6.92 Å². The SMILES string of the molecule is Cc1ccc(S(=O)NF)cc1. The van der Waals surface area contributed by atoms with Gasteiger partial charge in [0.15, 0.2) is 11.0 Å². The average molecular weight is 173 g/mol. The zero-order valence-electron chi connectivity index (χ0n) is 6.00. The molecule has 1 atom stereocenters. The molecule has 0 amide bonds. The van der Waals surface area contributed by atoms with Gasteiger partial charge in [0.2, 0.25) is 0 Å². The summed E-state index contributed by atoms with van der Waals surface area (Å²) >= 11 is 0. The monoisotopic (exact) mass is 173 g/mol. The predicted molar refractivity (Wildman–Crippen MR) is 41.8 cm³/mol. The fourth-order valence-electron chi connectivity index (χ4n) is 0.706. The standard InChI is InChI=1S/C7H8FNOS/c1-6-2-4-7(5-3-6)11(10)9-8/h2-5,9H,1H3. The summed E-state index contributed by atoms with van der Waals surface area (Å²) in [5.41, 5.74) is 1.06. The summed E-state index contributed by atoms with van der Waals surface area (Å²) in [6, 6.07) is 6.81. The van der Waals surface area contributed by atoms with E-state index in [1.165, 1.54) is 4.94 Å². The van der Waals surface area contributed by atoms with E-state index in [1.54, 1.807) is 24.3 Å². The molecular formula is C7H8FNOS. The summed E-state index contributed by atoms with van der Waals surface area (Å²) in [7, 11) is -1.72. The maximum absolute atomic E-state index is 11.6. The molecule has 0 radical (unpaired) electrons. The second-order valence-electron chi connectivity index (χ2n) is 2.16. The molecule has 1 aromatic carbocycles. The Morgan fingerprint density at radius 1 is 1.36 bits per heavy atom. The number of nitrogens with one attached hydrogen (secondary N) is 1. The second kappa shape index (κ2) is 3.59. The number of halogens is 1. The second-order valence-corrected chi connectivity index (χ2v) is 3.32. The van der Waals surface area contributed by atoms with Crippen LogP contribution in [0.1, 0.15) is 5.56 Å². The van der Waals surface area contributed by atoms with Crippen molar-refractivity contribution < 1.29 is 8.69 Å². The van der Waals surface area contributed by atoms with Crippen molar-refractivity contribution in [2.45, 2.75) is 11.8 Å². The summed E-state index contributed by atoms with van der Waals surface area (Å²) in [6.07, 6.45) is 0. The van der Waals surface area contributed by atoms with E-state index in [-0.39, 0.29) is 0 Å². The molecule has 2 nitrogen and oxygen atoms in total. The quantitative estimate of drug-likeness (QED) is 0.674. The van der Waals surface area contributed by atoms with Gasteiger partial charge in [0.05, 0.1) is 4.90 Å². The number of benzene rings is 1. The Hall–Kier alpha value is -0.740. The van der Waals surface area contributed by atoms with E-state index in [9.17, 15) is 8.69 Å². The van der Waals surface area contributed by atoms with Crippen LogP contribution in [0.2, 0.25) is 0 Å². The van der Waals surface area contributed by atoms with Gasteiger partial charge in [0.25, 0.3) is 0 Å². The highest BCUT2D eigenvalue weighted by Gasteiger charge is 1.99. The van der Waals surface area contributed by atoms with Crippen molar-refractivity contribution in [2.75, 3.05) is 0 Å². The van der Waals surface area contributed by atoms with Crippen LogP contribution in [0.5, 0.6) is 0 Å². The minimum atomic E-state index is -1.72. The van der Waals surface area contributed by atoms with Gasteiger partial charge in [-0.15, -0.1) is 4.48 Å². The van der Waals surface area contributed by atoms with Crippen molar-refractivity contribution in [3.8, 4) is 0 Å². The molecule has 0 aliphatic rings. The van der Waals surface area contributed by atoms with E-state index in [0.717, 1.165) is 5.56 Å². The Labute approximate surface area is 67.0 Å². The third-order valence-electron chi connectivity index (χ3n) is 1.31. The highest BCUT2D eigenvalue weighted by molar-refractivity contribution is 7.82. The molecule has 0 aliphatic carbocycles. The fraction of sp³-hybridized carbons (Fsp3) is 0.143. The van der Waals surface area contributed by atoms with Crippen LogP contribution in [0.3, 0.4) is 0 Å². The molecule has 0 saturated carbocycles. The highest BCUT2D eigenvalue weighted by atomic mass is 32.2. The topological polar surface area (TPSA) is 29.1 Å². The van der Waals surface area contributed by atoms with Crippen molar-refractivity contribution in [1.82, 2.24) is 4.94 Å². The number of hydrogen-bond acceptors (Lipinski definition) is 1. The van der Waals surface area contributed by atoms with Crippen LogP contribution in [0.25, 0.3) is 0 Å². The summed E-state index contributed by atoms with van der Waals surface area (Å²) < 4.78 is 22.4. The van der Waals surface area contributed by atoms with E-state index < -0.39 is 11.0 Å². The molecule has 0 heterocycles. The molecule has 1 unspecified atom stereocenters. The first-order valence-electron chi connectivity index (χ1n) is 3.09. The molecule has 1 aromatic rings. The lowest BCUT2D eigenvalue weighted by Crippen LogP contribution is -2.05. The largest absolute Gasteiger partial charge is 0.235 e. The third-order valence-corrected chi connectivity index (χ3v) is 2.15. The highest BCUT2D eigenvalue weighted by Crippen LogP contribution is 2.05. The van der Waals surface area contributed by atoms with Gasteiger partial charge in [-0.2, -0.15) is 0 Å². The Bertz CT molecular complexity index is 260. The van der Waals surface area contributed by atoms with Crippen LogP contribution in [0.15, 0.2) is 29.2 Å². The van der Waals surface area contributed by atoms with E-state index >= 15 is 0 Å². The van der Waals surface area contributed by atoms with Gasteiger partial charge in [-0.25, -0.2) is 4.21 Å². The molecule has 60 valence electrons. The molecule has 0 fully saturated rings. The first kappa shape index (κ1) is 8.36. The van der Waals surface area contributed by atoms with E-state index in [0.29, 0.717) is 4.90 Å². The maximum atomic E-state index is 11.6. The van der Waals surface area contributed by atoms with Crippen molar-refractivity contribution >= 4 is 11.0 Å². The van der Waals surface area contributed by atoms with E-state index in [1.807, 2.05) is 6.92 Å². The van der Waals surface area contributed by atoms with Gasteiger partial charge < -0.3 is 0 Å². The third kappa shape index (κ3) is 2.10. The minimum absolute atomic E-state index is 0.443. The molecule has 0 bridgehead atoms. The summed E-state index contributed by atoms with van der Waals surface area (Å²) in [4.78, 5) is 1.62. The van der Waals surface area contributed by atoms with Crippen molar-refractivity contribution in [3.05, 3.63) is 29.8 Å². The smallest absolute Gasteiger partial charge is 0.153 e. The maximum Gasteiger partial charge on any atom is 0.153 e. The Balaban J connectivity index is 2.90. The zero-order chi connectivity index (χ0) is 8.27. The molecule has 0 aliphatic heterocycles.